The molecule has 1 fully saturated rings. The first kappa shape index (κ1) is 8.38. The highest BCUT2D eigenvalue weighted by molar-refractivity contribution is 5.18. The number of methoxy groups -OCH3 is 1. The first-order valence-electron chi connectivity index (χ1n) is 4.04. The van der Waals surface area contributed by atoms with E-state index in [1.165, 1.54) is 12.0 Å². The molecule has 1 aliphatic rings. The van der Waals surface area contributed by atoms with Crippen LogP contribution in [-0.2, 0) is 4.74 Å². The van der Waals surface area contributed by atoms with E-state index in [1.807, 2.05) is 6.08 Å². The molecule has 1 nitrogen and oxygen atoms in total. The van der Waals surface area contributed by atoms with Crippen LogP contribution in [0.15, 0.2) is 24.0 Å². The maximum Gasteiger partial charge on any atom is 0.0978 e. The van der Waals surface area contributed by atoms with Gasteiger partial charge >= 0.3 is 0 Å². The minimum atomic E-state index is 0.627. The van der Waals surface area contributed by atoms with Gasteiger partial charge in [-0.25, -0.2) is 0 Å². The van der Waals surface area contributed by atoms with Crippen LogP contribution in [0.5, 0.6) is 0 Å². The van der Waals surface area contributed by atoms with Crippen LogP contribution in [0.3, 0.4) is 0 Å². The topological polar surface area (TPSA) is 9.23 Å². The van der Waals surface area contributed by atoms with E-state index in [0.717, 1.165) is 5.76 Å². The van der Waals surface area contributed by atoms with Gasteiger partial charge in [-0.1, -0.05) is 6.08 Å². The lowest BCUT2D eigenvalue weighted by Gasteiger charge is -2.06. The lowest BCUT2D eigenvalue weighted by Crippen LogP contribution is -1.93. The largest absolute Gasteiger partial charge is 0.501 e. The summed E-state index contributed by atoms with van der Waals surface area (Å²) in [6, 6.07) is 0. The Morgan fingerprint density at radius 2 is 2.18 bits per heavy atom. The van der Waals surface area contributed by atoms with E-state index >= 15 is 0 Å². The zero-order valence-electron chi connectivity index (χ0n) is 7.55. The monoisotopic (exact) mass is 152 g/mol. The van der Waals surface area contributed by atoms with Gasteiger partial charge in [0.25, 0.3) is 0 Å². The summed E-state index contributed by atoms with van der Waals surface area (Å²) < 4.78 is 5.30. The summed E-state index contributed by atoms with van der Waals surface area (Å²) in [7, 11) is 1.75. The van der Waals surface area contributed by atoms with Crippen molar-refractivity contribution in [3.63, 3.8) is 0 Å². The molecule has 1 aliphatic carbocycles. The average molecular weight is 152 g/mol. The molecule has 0 N–H and O–H groups in total. The lowest BCUT2D eigenvalue weighted by atomic mass is 10.2. The highest BCUT2D eigenvalue weighted by atomic mass is 16.5. The van der Waals surface area contributed by atoms with Gasteiger partial charge in [0.15, 0.2) is 0 Å². The van der Waals surface area contributed by atoms with Crippen LogP contribution < -0.4 is 0 Å². The smallest absolute Gasteiger partial charge is 0.0978 e. The minimum Gasteiger partial charge on any atom is -0.501 e. The fourth-order valence-electron chi connectivity index (χ4n) is 1.50. The third kappa shape index (κ3) is 1.65. The van der Waals surface area contributed by atoms with Crippen molar-refractivity contribution in [2.45, 2.75) is 20.3 Å². The molecule has 1 rings (SSSR count). The quantitative estimate of drug-likeness (QED) is 0.446. The molecule has 0 amide bonds. The van der Waals surface area contributed by atoms with Crippen LogP contribution in [0.25, 0.3) is 0 Å². The van der Waals surface area contributed by atoms with Gasteiger partial charge in [-0.05, 0) is 31.8 Å². The van der Waals surface area contributed by atoms with Gasteiger partial charge in [-0.15, -0.1) is 6.58 Å². The molecular formula is C10H16O. The number of ether oxygens (including phenoxy) is 1. The molecule has 0 aromatic rings. The average Bonchev–Trinajstić information content (AvgIpc) is 2.68. The van der Waals surface area contributed by atoms with Crippen LogP contribution in [0, 0.1) is 11.8 Å². The summed E-state index contributed by atoms with van der Waals surface area (Å²) in [5.41, 5.74) is 1.29. The Hall–Kier alpha value is -0.720. The van der Waals surface area contributed by atoms with Gasteiger partial charge in [0.05, 0.1) is 12.9 Å². The zero-order chi connectivity index (χ0) is 8.43. The second-order valence-electron chi connectivity index (χ2n) is 3.31. The van der Waals surface area contributed by atoms with Crippen molar-refractivity contribution in [3.05, 3.63) is 24.0 Å². The minimum absolute atomic E-state index is 0.627. The Morgan fingerprint density at radius 1 is 1.55 bits per heavy atom. The molecule has 0 heterocycles. The zero-order valence-corrected chi connectivity index (χ0v) is 7.55. The van der Waals surface area contributed by atoms with Crippen molar-refractivity contribution in [2.24, 2.45) is 11.8 Å². The molecule has 0 aliphatic heterocycles. The van der Waals surface area contributed by atoms with Gasteiger partial charge in [0.2, 0.25) is 0 Å². The normalized spacial score (nSPS) is 27.5. The molecule has 62 valence electrons. The maximum absolute atomic E-state index is 5.30. The van der Waals surface area contributed by atoms with Gasteiger partial charge in [0, 0.05) is 5.92 Å². The molecule has 0 spiro atoms. The Labute approximate surface area is 68.8 Å². The number of hydrogen-bond donors (Lipinski definition) is 0. The molecule has 0 saturated heterocycles. The highest BCUT2D eigenvalue weighted by Crippen LogP contribution is 2.45. The van der Waals surface area contributed by atoms with Crippen LogP contribution in [0.1, 0.15) is 20.3 Å². The molecule has 1 heteroatoms. The summed E-state index contributed by atoms with van der Waals surface area (Å²) in [4.78, 5) is 0. The van der Waals surface area contributed by atoms with Crippen molar-refractivity contribution in [1.82, 2.24) is 0 Å². The van der Waals surface area contributed by atoms with E-state index in [1.54, 1.807) is 7.11 Å². The fourth-order valence-corrected chi connectivity index (χ4v) is 1.50. The van der Waals surface area contributed by atoms with Gasteiger partial charge in [0.1, 0.15) is 0 Å². The summed E-state index contributed by atoms with van der Waals surface area (Å²) in [5, 5.41) is 0. The Morgan fingerprint density at radius 3 is 2.45 bits per heavy atom. The molecule has 0 aromatic carbocycles. The van der Waals surface area contributed by atoms with Crippen molar-refractivity contribution >= 4 is 0 Å². The second-order valence-corrected chi connectivity index (χ2v) is 3.31. The van der Waals surface area contributed by atoms with Crippen molar-refractivity contribution in [2.75, 3.05) is 7.11 Å². The third-order valence-electron chi connectivity index (χ3n) is 2.19. The summed E-state index contributed by atoms with van der Waals surface area (Å²) in [6.45, 7) is 7.96. The summed E-state index contributed by atoms with van der Waals surface area (Å²) in [6.07, 6.45) is 3.24. The van der Waals surface area contributed by atoms with Crippen LogP contribution in [-0.4, -0.2) is 7.11 Å². The standard InChI is InChI=1S/C10H16O/c1-5-8-6-9(8)10(11-4)7(2)3/h5,8-9H,1,6H2,2-4H3/t8-,9+/m1/s1. The first-order chi connectivity index (χ1) is 5.20. The highest BCUT2D eigenvalue weighted by Gasteiger charge is 2.38. The number of rotatable bonds is 3. The third-order valence-corrected chi connectivity index (χ3v) is 2.19. The second kappa shape index (κ2) is 3.12. The molecular weight excluding hydrogens is 136 g/mol. The van der Waals surface area contributed by atoms with Crippen molar-refractivity contribution in [1.29, 1.82) is 0 Å². The molecule has 1 saturated carbocycles. The first-order valence-corrected chi connectivity index (χ1v) is 4.04. The van der Waals surface area contributed by atoms with Gasteiger partial charge in [-0.2, -0.15) is 0 Å². The van der Waals surface area contributed by atoms with Gasteiger partial charge in [-0.3, -0.25) is 0 Å². The summed E-state index contributed by atoms with van der Waals surface area (Å²) >= 11 is 0. The van der Waals surface area contributed by atoms with E-state index in [-0.39, 0.29) is 0 Å². The van der Waals surface area contributed by atoms with E-state index in [4.69, 9.17) is 4.74 Å². The number of allylic oxidation sites excluding steroid dienone is 3. The lowest BCUT2D eigenvalue weighted by molar-refractivity contribution is 0.263. The fraction of sp³-hybridized carbons (Fsp3) is 0.600. The molecule has 0 radical (unpaired) electrons. The molecule has 0 bridgehead atoms. The molecule has 0 unspecified atom stereocenters. The van der Waals surface area contributed by atoms with Crippen LogP contribution in [0.2, 0.25) is 0 Å². The Balaban J connectivity index is 2.60. The predicted octanol–water partition coefficient (Wildman–Crippen LogP) is 2.75. The van der Waals surface area contributed by atoms with E-state index in [2.05, 4.69) is 20.4 Å². The van der Waals surface area contributed by atoms with Crippen molar-refractivity contribution < 1.29 is 4.74 Å². The SMILES string of the molecule is C=C[C@@H]1C[C@@H]1C(OC)=C(C)C. The van der Waals surface area contributed by atoms with Crippen molar-refractivity contribution in [3.8, 4) is 0 Å². The Bertz CT molecular complexity index is 187. The molecule has 2 atom stereocenters. The van der Waals surface area contributed by atoms with Crippen LogP contribution in [0.4, 0.5) is 0 Å². The van der Waals surface area contributed by atoms with E-state index in [0.29, 0.717) is 11.8 Å². The van der Waals surface area contributed by atoms with Crippen LogP contribution >= 0.6 is 0 Å². The molecule has 0 aromatic heterocycles. The van der Waals surface area contributed by atoms with Gasteiger partial charge < -0.3 is 4.74 Å². The Kier molecular flexibility index (Phi) is 2.38. The molecule has 11 heavy (non-hydrogen) atoms. The number of hydrogen-bond acceptors (Lipinski definition) is 1. The van der Waals surface area contributed by atoms with E-state index in [9.17, 15) is 0 Å². The maximum atomic E-state index is 5.30. The van der Waals surface area contributed by atoms with E-state index < -0.39 is 0 Å². The predicted molar refractivity (Wildman–Crippen MR) is 47.2 cm³/mol. The summed E-state index contributed by atoms with van der Waals surface area (Å²) in [5.74, 6) is 2.46.